The first-order valence-electron chi connectivity index (χ1n) is 23.8. The van der Waals surface area contributed by atoms with E-state index in [1.807, 2.05) is 57.6 Å². The molecule has 0 rings (SSSR count). The highest BCUT2D eigenvalue weighted by atomic mass is 16.6. The summed E-state index contributed by atoms with van der Waals surface area (Å²) in [5, 5.41) is 9.64. The average Bonchev–Trinajstić information content (AvgIpc) is 3.24. The van der Waals surface area contributed by atoms with Crippen molar-refractivity contribution in [3.05, 3.63) is 134 Å². The summed E-state index contributed by atoms with van der Waals surface area (Å²) < 4.78 is 17.2. The number of hydrogen-bond donors (Lipinski definition) is 1. The highest BCUT2D eigenvalue weighted by molar-refractivity contribution is 5.72. The standard InChI is InChI=1S/C55H85NO7/c1-6-8-10-12-14-16-18-20-22-24-26-27-28-30-32-34-36-38-40-42-44-46-54(58)63-51(49-61-48-47-52(55(59)60)56(3,4)5)50-62-53(57)45-43-41-39-37-35-33-31-29-25-23-21-19-17-15-13-11-9-7-2/h8,10-11,13-17,19-23,25-27,29-32,36,38,51-52H,6-7,9,12,18,24,28,33-35,37,39-50H2,1-5H3/p+1/b10-8+,13-11+,16-14+,17-15+,21-19+,22-20+,25-23+,27-26+,31-29+,32-30+,38-36+. The summed E-state index contributed by atoms with van der Waals surface area (Å²) >= 11 is 0. The van der Waals surface area contributed by atoms with Crippen LogP contribution in [0.2, 0.25) is 0 Å². The number of unbranched alkanes of at least 4 members (excludes halogenated alkanes) is 8. The van der Waals surface area contributed by atoms with E-state index in [1.165, 1.54) is 6.42 Å². The van der Waals surface area contributed by atoms with Crippen molar-refractivity contribution in [3.63, 3.8) is 0 Å². The van der Waals surface area contributed by atoms with Crippen molar-refractivity contribution in [2.45, 2.75) is 154 Å². The number of aliphatic carboxylic acids is 1. The topological polar surface area (TPSA) is 99.1 Å². The summed E-state index contributed by atoms with van der Waals surface area (Å²) in [5.74, 6) is -1.58. The molecule has 0 heterocycles. The molecule has 0 saturated heterocycles. The van der Waals surface area contributed by atoms with Gasteiger partial charge in [-0.25, -0.2) is 4.79 Å². The van der Waals surface area contributed by atoms with Crippen LogP contribution in [0.25, 0.3) is 0 Å². The molecular weight excluding hydrogens is 787 g/mol. The van der Waals surface area contributed by atoms with Gasteiger partial charge in [-0.1, -0.05) is 173 Å². The maximum Gasteiger partial charge on any atom is 0.362 e. The van der Waals surface area contributed by atoms with Crippen LogP contribution in [-0.2, 0) is 28.6 Å². The van der Waals surface area contributed by atoms with E-state index in [9.17, 15) is 19.5 Å². The van der Waals surface area contributed by atoms with Crippen LogP contribution in [0.15, 0.2) is 134 Å². The SMILES string of the molecule is CC/C=C/C/C=C/C/C=C/C/C=C/C/C=C/C/C=C/CCCCC(=O)OC(COCCC(C(=O)O)[N+](C)(C)C)COC(=O)CCCCCCC/C=C/C=C/C=C/C=C/C=C/CCC. The number of allylic oxidation sites excluding steroid dienone is 22. The van der Waals surface area contributed by atoms with Gasteiger partial charge in [-0.2, -0.15) is 0 Å². The molecular formula is C55H86NO7+. The molecule has 352 valence electrons. The highest BCUT2D eigenvalue weighted by Crippen LogP contribution is 2.12. The molecule has 2 atom stereocenters. The van der Waals surface area contributed by atoms with Crippen LogP contribution in [0.1, 0.15) is 142 Å². The second-order valence-electron chi connectivity index (χ2n) is 16.4. The quantitative estimate of drug-likeness (QED) is 0.0215. The van der Waals surface area contributed by atoms with E-state index in [2.05, 4.69) is 111 Å². The zero-order valence-electron chi connectivity index (χ0n) is 40.0. The fourth-order valence-corrected chi connectivity index (χ4v) is 6.01. The number of carbonyl (C=O) groups excluding carboxylic acids is 2. The van der Waals surface area contributed by atoms with E-state index in [4.69, 9.17) is 14.2 Å². The average molecular weight is 873 g/mol. The molecule has 8 heteroatoms. The molecule has 0 fully saturated rings. The lowest BCUT2D eigenvalue weighted by molar-refractivity contribution is -0.887. The molecule has 8 nitrogen and oxygen atoms in total. The summed E-state index contributed by atoms with van der Waals surface area (Å²) in [6, 6.07) is -0.637. The minimum Gasteiger partial charge on any atom is -0.477 e. The fraction of sp³-hybridized carbons (Fsp3) is 0.545. The molecule has 63 heavy (non-hydrogen) atoms. The molecule has 0 saturated carbocycles. The Balaban J connectivity index is 4.49. The number of quaternary nitrogens is 1. The Hall–Kier alpha value is -4.53. The lowest BCUT2D eigenvalue weighted by Crippen LogP contribution is -2.50. The Morgan fingerprint density at radius 3 is 1.49 bits per heavy atom. The molecule has 0 aromatic carbocycles. The van der Waals surface area contributed by atoms with E-state index in [-0.39, 0.29) is 42.7 Å². The molecule has 0 aliphatic rings. The normalized spacial score (nSPS) is 14.1. The molecule has 0 aromatic heterocycles. The predicted molar refractivity (Wildman–Crippen MR) is 265 cm³/mol. The molecule has 0 aliphatic heterocycles. The van der Waals surface area contributed by atoms with Crippen molar-refractivity contribution in [3.8, 4) is 0 Å². The lowest BCUT2D eigenvalue weighted by Gasteiger charge is -2.31. The van der Waals surface area contributed by atoms with Gasteiger partial charge in [0.05, 0.1) is 34.4 Å². The van der Waals surface area contributed by atoms with Crippen molar-refractivity contribution < 1.29 is 38.2 Å². The van der Waals surface area contributed by atoms with Crippen LogP contribution in [0, 0.1) is 0 Å². The molecule has 2 unspecified atom stereocenters. The number of nitrogens with zero attached hydrogens (tertiary/aromatic N) is 1. The molecule has 0 spiro atoms. The lowest BCUT2D eigenvalue weighted by atomic mass is 10.1. The summed E-state index contributed by atoms with van der Waals surface area (Å²) in [4.78, 5) is 37.1. The van der Waals surface area contributed by atoms with Gasteiger partial charge in [-0.3, -0.25) is 9.59 Å². The number of hydrogen-bond acceptors (Lipinski definition) is 6. The monoisotopic (exact) mass is 873 g/mol. The number of esters is 2. The second kappa shape index (κ2) is 44.1. The van der Waals surface area contributed by atoms with E-state index in [0.29, 0.717) is 19.3 Å². The molecule has 0 aromatic rings. The zero-order chi connectivity index (χ0) is 46.3. The summed E-state index contributed by atoms with van der Waals surface area (Å²) in [7, 11) is 5.49. The van der Waals surface area contributed by atoms with Crippen LogP contribution >= 0.6 is 0 Å². The first-order chi connectivity index (χ1) is 30.6. The fourth-order valence-electron chi connectivity index (χ4n) is 6.01. The van der Waals surface area contributed by atoms with Crippen LogP contribution in [0.5, 0.6) is 0 Å². The van der Waals surface area contributed by atoms with Gasteiger partial charge in [-0.15, -0.1) is 0 Å². The highest BCUT2D eigenvalue weighted by Gasteiger charge is 2.31. The van der Waals surface area contributed by atoms with Gasteiger partial charge in [0, 0.05) is 19.3 Å². The number of carbonyl (C=O) groups is 3. The van der Waals surface area contributed by atoms with E-state index < -0.39 is 18.1 Å². The minimum atomic E-state index is -0.893. The van der Waals surface area contributed by atoms with Crippen molar-refractivity contribution in [2.24, 2.45) is 0 Å². The van der Waals surface area contributed by atoms with Gasteiger partial charge in [0.2, 0.25) is 0 Å². The predicted octanol–water partition coefficient (Wildman–Crippen LogP) is 13.6. The van der Waals surface area contributed by atoms with Crippen LogP contribution in [0.3, 0.4) is 0 Å². The number of likely N-dealkylation sites (N-methyl/N-ethyl adjacent to an activating group) is 1. The molecule has 0 radical (unpaired) electrons. The Bertz CT molecular complexity index is 1480. The Morgan fingerprint density at radius 1 is 0.508 bits per heavy atom. The second-order valence-corrected chi connectivity index (χ2v) is 16.4. The van der Waals surface area contributed by atoms with Crippen LogP contribution in [-0.4, -0.2) is 80.6 Å². The maximum absolute atomic E-state index is 12.8. The van der Waals surface area contributed by atoms with E-state index >= 15 is 0 Å². The summed E-state index contributed by atoms with van der Waals surface area (Å²) in [6.07, 6.45) is 63.5. The zero-order valence-corrected chi connectivity index (χ0v) is 40.0. The van der Waals surface area contributed by atoms with E-state index in [1.54, 1.807) is 0 Å². The largest absolute Gasteiger partial charge is 0.477 e. The van der Waals surface area contributed by atoms with Crippen LogP contribution < -0.4 is 0 Å². The van der Waals surface area contributed by atoms with E-state index in [0.717, 1.165) is 96.3 Å². The third-order valence-corrected chi connectivity index (χ3v) is 9.64. The number of carboxylic acid groups (broad SMARTS) is 1. The Morgan fingerprint density at radius 2 is 0.952 bits per heavy atom. The number of carboxylic acids is 1. The third kappa shape index (κ3) is 42.5. The smallest absolute Gasteiger partial charge is 0.362 e. The Kier molecular flexibility index (Phi) is 40.9. The number of rotatable bonds is 40. The third-order valence-electron chi connectivity index (χ3n) is 9.64. The molecule has 1 N–H and O–H groups in total. The summed E-state index contributed by atoms with van der Waals surface area (Å²) in [6.45, 7) is 4.43. The van der Waals surface area contributed by atoms with Gasteiger partial charge >= 0.3 is 17.9 Å². The first kappa shape index (κ1) is 58.5. The first-order valence-corrected chi connectivity index (χ1v) is 23.8. The van der Waals surface area contributed by atoms with Crippen molar-refractivity contribution in [1.82, 2.24) is 0 Å². The molecule has 0 bridgehead atoms. The van der Waals surface area contributed by atoms with Gasteiger partial charge in [0.25, 0.3) is 0 Å². The summed E-state index contributed by atoms with van der Waals surface area (Å²) in [5.41, 5.74) is 0. The van der Waals surface area contributed by atoms with Gasteiger partial charge in [0.15, 0.2) is 12.1 Å². The molecule has 0 aliphatic carbocycles. The van der Waals surface area contributed by atoms with Crippen LogP contribution in [0.4, 0.5) is 0 Å². The molecule has 0 amide bonds. The maximum atomic E-state index is 12.8. The van der Waals surface area contributed by atoms with Crippen molar-refractivity contribution >= 4 is 17.9 Å². The van der Waals surface area contributed by atoms with Crippen molar-refractivity contribution in [2.75, 3.05) is 41.0 Å². The Labute approximate surface area is 383 Å². The van der Waals surface area contributed by atoms with Gasteiger partial charge < -0.3 is 23.8 Å². The van der Waals surface area contributed by atoms with Gasteiger partial charge in [-0.05, 0) is 83.5 Å². The minimum absolute atomic E-state index is 0.0241. The van der Waals surface area contributed by atoms with Crippen molar-refractivity contribution in [1.29, 1.82) is 0 Å². The number of ether oxygens (including phenoxy) is 3. The van der Waals surface area contributed by atoms with Gasteiger partial charge in [0.1, 0.15) is 6.61 Å².